The van der Waals surface area contributed by atoms with Crippen LogP contribution in [0.15, 0.2) is 30.3 Å². The van der Waals surface area contributed by atoms with Crippen LogP contribution >= 0.6 is 11.3 Å². The summed E-state index contributed by atoms with van der Waals surface area (Å²) >= 11 is 1.81. The molecule has 0 fully saturated rings. The van der Waals surface area contributed by atoms with E-state index in [1.807, 2.05) is 11.3 Å². The van der Waals surface area contributed by atoms with Crippen molar-refractivity contribution in [3.63, 3.8) is 0 Å². The zero-order valence-corrected chi connectivity index (χ0v) is 13.3. The number of fused-ring (bicyclic) bond motifs is 1. The van der Waals surface area contributed by atoms with Crippen LogP contribution in [0.5, 0.6) is 5.75 Å². The molecule has 1 unspecified atom stereocenters. The van der Waals surface area contributed by atoms with Gasteiger partial charge in [-0.05, 0) is 42.2 Å². The highest BCUT2D eigenvalue weighted by Crippen LogP contribution is 2.38. The highest BCUT2D eigenvalue weighted by atomic mass is 32.1. The Morgan fingerprint density at radius 2 is 2.00 bits per heavy atom. The van der Waals surface area contributed by atoms with Gasteiger partial charge in [-0.2, -0.15) is 0 Å². The van der Waals surface area contributed by atoms with Crippen molar-refractivity contribution in [2.24, 2.45) is 0 Å². The van der Waals surface area contributed by atoms with Crippen molar-refractivity contribution in [1.29, 1.82) is 0 Å². The Balaban J connectivity index is 1.86. The summed E-state index contributed by atoms with van der Waals surface area (Å²) in [6, 6.07) is 10.8. The summed E-state index contributed by atoms with van der Waals surface area (Å²) in [6.45, 7) is 9.66. The highest BCUT2D eigenvalue weighted by Gasteiger charge is 2.24. The fourth-order valence-electron chi connectivity index (χ4n) is 2.42. The number of nitrogens with one attached hydrogen (secondary N) is 1. The van der Waals surface area contributed by atoms with E-state index in [4.69, 9.17) is 4.74 Å². The van der Waals surface area contributed by atoms with Gasteiger partial charge >= 0.3 is 0 Å². The SMILES string of the molecule is Cc1ccc(C2CNc3cc(C(C)(C)C)ccc3O2)s1. The van der Waals surface area contributed by atoms with Gasteiger partial charge in [0.05, 0.1) is 12.2 Å². The van der Waals surface area contributed by atoms with E-state index in [0.717, 1.165) is 18.0 Å². The molecular weight excluding hydrogens is 266 g/mol. The van der Waals surface area contributed by atoms with Crippen molar-refractivity contribution in [2.45, 2.75) is 39.2 Å². The first-order valence-corrected chi connectivity index (χ1v) is 7.86. The number of anilines is 1. The standard InChI is InChI=1S/C17H21NOS/c1-11-5-8-16(20-11)15-10-18-13-9-12(17(2,3)4)6-7-14(13)19-15/h5-9,15,18H,10H2,1-4H3. The minimum absolute atomic E-state index is 0.127. The monoisotopic (exact) mass is 287 g/mol. The van der Waals surface area contributed by atoms with E-state index in [1.54, 1.807) is 0 Å². The quantitative estimate of drug-likeness (QED) is 0.805. The fourth-order valence-corrected chi connectivity index (χ4v) is 3.33. The van der Waals surface area contributed by atoms with Gasteiger partial charge in [-0.25, -0.2) is 0 Å². The number of benzene rings is 1. The van der Waals surface area contributed by atoms with Crippen LogP contribution in [0.2, 0.25) is 0 Å². The van der Waals surface area contributed by atoms with E-state index < -0.39 is 0 Å². The Bertz CT molecular complexity index is 624. The summed E-state index contributed by atoms with van der Waals surface area (Å²) in [5.41, 5.74) is 2.61. The van der Waals surface area contributed by atoms with E-state index in [2.05, 4.69) is 63.3 Å². The Labute approximate surface area is 124 Å². The molecule has 1 aromatic carbocycles. The zero-order chi connectivity index (χ0) is 14.3. The van der Waals surface area contributed by atoms with Crippen molar-refractivity contribution < 1.29 is 4.74 Å². The minimum Gasteiger partial charge on any atom is -0.481 e. The molecule has 1 aliphatic rings. The Morgan fingerprint density at radius 3 is 2.65 bits per heavy atom. The molecule has 0 aliphatic carbocycles. The van der Waals surface area contributed by atoms with E-state index in [1.165, 1.54) is 15.3 Å². The number of thiophene rings is 1. The van der Waals surface area contributed by atoms with Crippen LogP contribution in [0.4, 0.5) is 5.69 Å². The molecule has 106 valence electrons. The predicted molar refractivity (Wildman–Crippen MR) is 86.1 cm³/mol. The smallest absolute Gasteiger partial charge is 0.150 e. The van der Waals surface area contributed by atoms with Crippen LogP contribution in [0.3, 0.4) is 0 Å². The molecule has 0 spiro atoms. The average Bonchev–Trinajstić information content (AvgIpc) is 2.83. The summed E-state index contributed by atoms with van der Waals surface area (Å²) in [5.74, 6) is 0.959. The van der Waals surface area contributed by atoms with Crippen LogP contribution in [0.25, 0.3) is 0 Å². The van der Waals surface area contributed by atoms with Gasteiger partial charge in [0.1, 0.15) is 5.75 Å². The lowest BCUT2D eigenvalue weighted by Gasteiger charge is -2.29. The van der Waals surface area contributed by atoms with Crippen LogP contribution in [-0.4, -0.2) is 6.54 Å². The fraction of sp³-hybridized carbons (Fsp3) is 0.412. The lowest BCUT2D eigenvalue weighted by atomic mass is 9.86. The molecule has 1 atom stereocenters. The number of ether oxygens (including phenoxy) is 1. The maximum atomic E-state index is 6.15. The number of rotatable bonds is 1. The van der Waals surface area contributed by atoms with Crippen LogP contribution in [-0.2, 0) is 5.41 Å². The van der Waals surface area contributed by atoms with Crippen molar-refractivity contribution in [1.82, 2.24) is 0 Å². The van der Waals surface area contributed by atoms with Gasteiger partial charge in [-0.15, -0.1) is 11.3 Å². The van der Waals surface area contributed by atoms with Crippen LogP contribution in [0, 0.1) is 6.92 Å². The van der Waals surface area contributed by atoms with Crippen molar-refractivity contribution in [3.05, 3.63) is 45.6 Å². The van der Waals surface area contributed by atoms with Gasteiger partial charge < -0.3 is 10.1 Å². The van der Waals surface area contributed by atoms with E-state index in [-0.39, 0.29) is 11.5 Å². The summed E-state index contributed by atoms with van der Waals surface area (Å²) in [4.78, 5) is 2.62. The van der Waals surface area contributed by atoms with E-state index in [9.17, 15) is 0 Å². The molecule has 3 heteroatoms. The first-order chi connectivity index (χ1) is 9.43. The largest absolute Gasteiger partial charge is 0.481 e. The lowest BCUT2D eigenvalue weighted by Crippen LogP contribution is -2.23. The van der Waals surface area contributed by atoms with Gasteiger partial charge in [-0.3, -0.25) is 0 Å². The van der Waals surface area contributed by atoms with Crippen molar-refractivity contribution in [2.75, 3.05) is 11.9 Å². The summed E-state index contributed by atoms with van der Waals surface area (Å²) in [5, 5.41) is 3.51. The Hall–Kier alpha value is -1.48. The molecule has 1 N–H and O–H groups in total. The van der Waals surface area contributed by atoms with Crippen molar-refractivity contribution in [3.8, 4) is 5.75 Å². The maximum absolute atomic E-state index is 6.15. The second-order valence-corrected chi connectivity index (χ2v) is 7.72. The normalized spacial score (nSPS) is 18.1. The average molecular weight is 287 g/mol. The number of hydrogen-bond acceptors (Lipinski definition) is 3. The molecule has 20 heavy (non-hydrogen) atoms. The summed E-state index contributed by atoms with van der Waals surface area (Å²) in [6.07, 6.45) is 0.127. The third-order valence-corrected chi connectivity index (χ3v) is 4.76. The van der Waals surface area contributed by atoms with Crippen LogP contribution < -0.4 is 10.1 Å². The second kappa shape index (κ2) is 4.81. The minimum atomic E-state index is 0.127. The van der Waals surface area contributed by atoms with Gasteiger partial charge in [-0.1, -0.05) is 26.8 Å². The first-order valence-electron chi connectivity index (χ1n) is 7.05. The molecule has 0 saturated carbocycles. The van der Waals surface area contributed by atoms with E-state index in [0.29, 0.717) is 0 Å². The lowest BCUT2D eigenvalue weighted by molar-refractivity contribution is 0.214. The molecule has 1 aliphatic heterocycles. The maximum Gasteiger partial charge on any atom is 0.150 e. The first kappa shape index (κ1) is 13.5. The number of hydrogen-bond donors (Lipinski definition) is 1. The molecule has 2 nitrogen and oxygen atoms in total. The third-order valence-electron chi connectivity index (χ3n) is 3.67. The Morgan fingerprint density at radius 1 is 1.20 bits per heavy atom. The molecule has 0 saturated heterocycles. The zero-order valence-electron chi connectivity index (χ0n) is 12.5. The summed E-state index contributed by atoms with van der Waals surface area (Å²) < 4.78 is 6.15. The highest BCUT2D eigenvalue weighted by molar-refractivity contribution is 7.12. The number of aryl methyl sites for hydroxylation is 1. The predicted octanol–water partition coefficient (Wildman–Crippen LogP) is 4.90. The molecule has 0 amide bonds. The van der Waals surface area contributed by atoms with Gasteiger partial charge in [0, 0.05) is 9.75 Å². The molecule has 1 aromatic heterocycles. The van der Waals surface area contributed by atoms with E-state index >= 15 is 0 Å². The molecule has 0 bridgehead atoms. The summed E-state index contributed by atoms with van der Waals surface area (Å²) in [7, 11) is 0. The van der Waals surface area contributed by atoms with Gasteiger partial charge in [0.15, 0.2) is 6.10 Å². The molecule has 2 aromatic rings. The Kier molecular flexibility index (Phi) is 3.25. The van der Waals surface area contributed by atoms with Crippen LogP contribution in [0.1, 0.15) is 42.2 Å². The van der Waals surface area contributed by atoms with Gasteiger partial charge in [0.2, 0.25) is 0 Å². The third kappa shape index (κ3) is 2.55. The van der Waals surface area contributed by atoms with Crippen molar-refractivity contribution >= 4 is 17.0 Å². The molecular formula is C17H21NOS. The molecule has 2 heterocycles. The topological polar surface area (TPSA) is 21.3 Å². The molecule has 3 rings (SSSR count). The molecule has 0 radical (unpaired) electrons. The second-order valence-electron chi connectivity index (χ2n) is 6.40. The van der Waals surface area contributed by atoms with Gasteiger partial charge in [0.25, 0.3) is 0 Å².